The van der Waals surface area contributed by atoms with Crippen molar-refractivity contribution in [3.05, 3.63) is 56.3 Å². The Bertz CT molecular complexity index is 1260. The van der Waals surface area contributed by atoms with Gasteiger partial charge in [0.15, 0.2) is 12.3 Å². The van der Waals surface area contributed by atoms with Crippen LogP contribution in [0, 0.1) is 0 Å². The normalized spacial score (nSPS) is 13.2. The van der Waals surface area contributed by atoms with Crippen molar-refractivity contribution < 1.29 is 23.9 Å². The third-order valence-corrected chi connectivity index (χ3v) is 6.49. The third-order valence-electron chi connectivity index (χ3n) is 5.29. The maximum atomic E-state index is 12.5. The number of aromatic nitrogens is 2. The highest BCUT2D eigenvalue weighted by Crippen LogP contribution is 2.37. The third kappa shape index (κ3) is 4.26. The van der Waals surface area contributed by atoms with Crippen LogP contribution in [0.2, 0.25) is 0 Å². The summed E-state index contributed by atoms with van der Waals surface area (Å²) in [4.78, 5) is 50.3. The lowest BCUT2D eigenvalue weighted by atomic mass is 10.1. The van der Waals surface area contributed by atoms with Gasteiger partial charge in [0.1, 0.15) is 5.00 Å². The minimum absolute atomic E-state index is 0.0916. The van der Waals surface area contributed by atoms with Gasteiger partial charge < -0.3 is 14.8 Å². The topological polar surface area (TPSA) is 127 Å². The molecule has 0 fully saturated rings. The molecule has 0 bridgehead atoms. The Labute approximate surface area is 186 Å². The molecule has 1 aromatic carbocycles. The van der Waals surface area contributed by atoms with Crippen molar-refractivity contribution in [1.29, 1.82) is 0 Å². The standard InChI is InChI=1S/C22H21N3O6S/c1-30-21(28)17-14-9-3-2-4-10-15(14)32-20(17)23-16(26)11-31-22(29)18-12-7-5-6-8-13(12)19(27)25-24-18/h5-8H,2-4,9-11H2,1H3,(H,23,26)(H,25,27). The molecule has 0 atom stereocenters. The Morgan fingerprint density at radius 3 is 2.62 bits per heavy atom. The minimum Gasteiger partial charge on any atom is -0.465 e. The van der Waals surface area contributed by atoms with Gasteiger partial charge in [-0.1, -0.05) is 24.6 Å². The SMILES string of the molecule is COC(=O)c1c(NC(=O)COC(=O)c2n[nH]c(=O)c3ccccc23)sc2c1CCCCC2. The van der Waals surface area contributed by atoms with E-state index in [2.05, 4.69) is 15.5 Å². The molecular weight excluding hydrogens is 434 g/mol. The summed E-state index contributed by atoms with van der Waals surface area (Å²) in [6, 6.07) is 6.48. The number of hydrogen-bond donors (Lipinski definition) is 2. The molecule has 1 amide bonds. The van der Waals surface area contributed by atoms with Crippen LogP contribution in [0.15, 0.2) is 29.1 Å². The smallest absolute Gasteiger partial charge is 0.359 e. The van der Waals surface area contributed by atoms with Gasteiger partial charge in [0, 0.05) is 10.3 Å². The van der Waals surface area contributed by atoms with E-state index < -0.39 is 30.0 Å². The molecule has 0 radical (unpaired) electrons. The van der Waals surface area contributed by atoms with Gasteiger partial charge in [-0.3, -0.25) is 9.59 Å². The summed E-state index contributed by atoms with van der Waals surface area (Å²) in [6.07, 6.45) is 4.69. The average Bonchev–Trinajstić information content (AvgIpc) is 2.97. The molecule has 0 spiro atoms. The van der Waals surface area contributed by atoms with E-state index in [4.69, 9.17) is 9.47 Å². The second-order valence-corrected chi connectivity index (χ2v) is 8.44. The summed E-state index contributed by atoms with van der Waals surface area (Å²) in [7, 11) is 1.30. The fraction of sp³-hybridized carbons (Fsp3) is 0.318. The van der Waals surface area contributed by atoms with Crippen molar-refractivity contribution >= 4 is 45.0 Å². The van der Waals surface area contributed by atoms with Crippen molar-refractivity contribution in [3.8, 4) is 0 Å². The number of rotatable bonds is 5. The van der Waals surface area contributed by atoms with Crippen molar-refractivity contribution in [2.75, 3.05) is 19.0 Å². The molecule has 0 aliphatic heterocycles. The van der Waals surface area contributed by atoms with Gasteiger partial charge in [0.2, 0.25) is 0 Å². The maximum absolute atomic E-state index is 12.5. The zero-order valence-corrected chi connectivity index (χ0v) is 18.2. The molecule has 1 aliphatic carbocycles. The van der Waals surface area contributed by atoms with Crippen LogP contribution in [0.3, 0.4) is 0 Å². The van der Waals surface area contributed by atoms with Gasteiger partial charge in [-0.2, -0.15) is 5.10 Å². The van der Waals surface area contributed by atoms with Crippen LogP contribution in [-0.2, 0) is 27.1 Å². The molecule has 2 N–H and O–H groups in total. The first-order chi connectivity index (χ1) is 15.5. The number of esters is 2. The second kappa shape index (κ2) is 9.31. The fourth-order valence-electron chi connectivity index (χ4n) is 3.78. The number of methoxy groups -OCH3 is 1. The van der Waals surface area contributed by atoms with Gasteiger partial charge in [0.05, 0.1) is 18.1 Å². The molecule has 0 saturated heterocycles. The molecule has 3 aromatic rings. The Kier molecular flexibility index (Phi) is 6.31. The quantitative estimate of drug-likeness (QED) is 0.447. The summed E-state index contributed by atoms with van der Waals surface area (Å²) in [5.41, 5.74) is 0.784. The lowest BCUT2D eigenvalue weighted by Crippen LogP contribution is -2.23. The second-order valence-electron chi connectivity index (χ2n) is 7.33. The van der Waals surface area contributed by atoms with Crippen LogP contribution >= 0.6 is 11.3 Å². The van der Waals surface area contributed by atoms with Crippen molar-refractivity contribution in [3.63, 3.8) is 0 Å². The number of nitrogens with zero attached hydrogens (tertiary/aromatic N) is 1. The van der Waals surface area contributed by atoms with E-state index in [1.165, 1.54) is 18.4 Å². The molecule has 166 valence electrons. The number of anilines is 1. The van der Waals surface area contributed by atoms with E-state index in [0.29, 0.717) is 21.3 Å². The number of fused-ring (bicyclic) bond motifs is 2. The number of carbonyl (C=O) groups excluding carboxylic acids is 3. The lowest BCUT2D eigenvalue weighted by Gasteiger charge is -2.08. The molecule has 0 saturated carbocycles. The number of thiophene rings is 1. The molecular formula is C22H21N3O6S. The molecule has 0 unspecified atom stereocenters. The zero-order valence-electron chi connectivity index (χ0n) is 17.4. The zero-order chi connectivity index (χ0) is 22.7. The fourth-order valence-corrected chi connectivity index (χ4v) is 5.07. The first kappa shape index (κ1) is 21.7. The molecule has 32 heavy (non-hydrogen) atoms. The largest absolute Gasteiger partial charge is 0.465 e. The van der Waals surface area contributed by atoms with E-state index in [1.54, 1.807) is 24.3 Å². The Hall–Kier alpha value is -3.53. The van der Waals surface area contributed by atoms with Crippen LogP contribution in [0.1, 0.15) is 50.5 Å². The van der Waals surface area contributed by atoms with Gasteiger partial charge in [0.25, 0.3) is 11.5 Å². The summed E-state index contributed by atoms with van der Waals surface area (Å²) < 4.78 is 10.0. The number of aryl methyl sites for hydroxylation is 1. The molecule has 1 aliphatic rings. The number of benzene rings is 1. The average molecular weight is 455 g/mol. The Morgan fingerprint density at radius 1 is 1.09 bits per heavy atom. The molecule has 2 aromatic heterocycles. The Balaban J connectivity index is 1.49. The maximum Gasteiger partial charge on any atom is 0.359 e. The number of carbonyl (C=O) groups is 3. The number of hydrogen-bond acceptors (Lipinski definition) is 8. The highest BCUT2D eigenvalue weighted by molar-refractivity contribution is 7.17. The number of amides is 1. The van der Waals surface area contributed by atoms with E-state index in [-0.39, 0.29) is 5.69 Å². The van der Waals surface area contributed by atoms with Crippen LogP contribution in [0.25, 0.3) is 10.8 Å². The van der Waals surface area contributed by atoms with Gasteiger partial charge >= 0.3 is 11.9 Å². The highest BCUT2D eigenvalue weighted by Gasteiger charge is 2.26. The number of H-pyrrole nitrogens is 1. The monoisotopic (exact) mass is 455 g/mol. The highest BCUT2D eigenvalue weighted by atomic mass is 32.1. The van der Waals surface area contributed by atoms with Gasteiger partial charge in [-0.15, -0.1) is 11.3 Å². The summed E-state index contributed by atoms with van der Waals surface area (Å²) in [5, 5.41) is 9.72. The summed E-state index contributed by atoms with van der Waals surface area (Å²) >= 11 is 1.36. The van der Waals surface area contributed by atoms with Crippen molar-refractivity contribution in [1.82, 2.24) is 10.2 Å². The predicted octanol–water partition coefficient (Wildman–Crippen LogP) is 2.84. The first-order valence-electron chi connectivity index (χ1n) is 10.2. The Morgan fingerprint density at radius 2 is 1.84 bits per heavy atom. The van der Waals surface area contributed by atoms with Crippen molar-refractivity contribution in [2.45, 2.75) is 32.1 Å². The summed E-state index contributed by atoms with van der Waals surface area (Å²) in [5.74, 6) is -1.93. The van der Waals surface area contributed by atoms with Crippen LogP contribution in [-0.4, -0.2) is 41.8 Å². The van der Waals surface area contributed by atoms with E-state index in [1.807, 2.05) is 0 Å². The van der Waals surface area contributed by atoms with Gasteiger partial charge in [-0.25, -0.2) is 14.7 Å². The summed E-state index contributed by atoms with van der Waals surface area (Å²) in [6.45, 7) is -0.572. The van der Waals surface area contributed by atoms with Crippen LogP contribution < -0.4 is 10.9 Å². The molecule has 9 nitrogen and oxygen atoms in total. The molecule has 2 heterocycles. The molecule has 4 rings (SSSR count). The van der Waals surface area contributed by atoms with E-state index in [9.17, 15) is 19.2 Å². The van der Waals surface area contributed by atoms with E-state index in [0.717, 1.165) is 42.5 Å². The van der Waals surface area contributed by atoms with Crippen LogP contribution in [0.5, 0.6) is 0 Å². The van der Waals surface area contributed by atoms with Crippen LogP contribution in [0.4, 0.5) is 5.00 Å². The number of nitrogens with one attached hydrogen (secondary N) is 2. The predicted molar refractivity (Wildman–Crippen MR) is 118 cm³/mol. The first-order valence-corrected chi connectivity index (χ1v) is 11.0. The van der Waals surface area contributed by atoms with Gasteiger partial charge in [-0.05, 0) is 37.3 Å². The van der Waals surface area contributed by atoms with Crippen molar-refractivity contribution in [2.24, 2.45) is 0 Å². The molecule has 10 heteroatoms. The lowest BCUT2D eigenvalue weighted by molar-refractivity contribution is -0.119. The number of ether oxygens (including phenoxy) is 2. The van der Waals surface area contributed by atoms with E-state index >= 15 is 0 Å². The minimum atomic E-state index is -0.845. The number of aromatic amines is 1.